The van der Waals surface area contributed by atoms with Gasteiger partial charge in [0.2, 0.25) is 5.69 Å². The van der Waals surface area contributed by atoms with Crippen molar-refractivity contribution in [2.45, 2.75) is 10.4 Å². The smallest absolute Gasteiger partial charge is 0.446 e. The third-order valence-electron chi connectivity index (χ3n) is 2.00. The number of aromatic carboxylic acids is 1. The van der Waals surface area contributed by atoms with Crippen LogP contribution in [0.2, 0.25) is 0 Å². The molecule has 2 rings (SSSR count). The number of alkyl halides is 3. The van der Waals surface area contributed by atoms with E-state index in [9.17, 15) is 18.0 Å². The fraction of sp³-hybridized carbons (Fsp3) is 0.100. The minimum atomic E-state index is -4.37. The van der Waals surface area contributed by atoms with Crippen molar-refractivity contribution in [1.29, 1.82) is 0 Å². The van der Waals surface area contributed by atoms with E-state index in [4.69, 9.17) is 9.84 Å². The molecule has 0 saturated heterocycles. The van der Waals surface area contributed by atoms with Crippen LogP contribution in [0.5, 0.6) is 11.6 Å². The molecule has 0 radical (unpaired) electrons. The summed E-state index contributed by atoms with van der Waals surface area (Å²) in [6.07, 6.45) is 0. The number of aromatic nitrogens is 3. The minimum Gasteiger partial charge on any atom is -0.476 e. The highest BCUT2D eigenvalue weighted by atomic mass is 32.2. The number of aromatic amines is 1. The lowest BCUT2D eigenvalue weighted by molar-refractivity contribution is -0.0328. The van der Waals surface area contributed by atoms with Crippen LogP contribution in [0.4, 0.5) is 13.2 Å². The number of thioether (sulfide) groups is 1. The third-order valence-corrected chi connectivity index (χ3v) is 2.74. The van der Waals surface area contributed by atoms with E-state index in [2.05, 4.69) is 15.4 Å². The van der Waals surface area contributed by atoms with Crippen LogP contribution in [-0.4, -0.2) is 32.0 Å². The lowest BCUT2D eigenvalue weighted by Crippen LogP contribution is -2.00. The SMILES string of the molecule is O=C(O)c1nn[nH]c1Oc1ccc(SC(F)(F)F)cc1. The molecule has 0 aliphatic rings. The summed E-state index contributed by atoms with van der Waals surface area (Å²) < 4.78 is 41.5. The average Bonchev–Trinajstić information content (AvgIpc) is 2.78. The van der Waals surface area contributed by atoms with Crippen molar-refractivity contribution in [2.24, 2.45) is 0 Å². The lowest BCUT2D eigenvalue weighted by Gasteiger charge is -2.07. The van der Waals surface area contributed by atoms with Crippen molar-refractivity contribution >= 4 is 17.7 Å². The fourth-order valence-electron chi connectivity index (χ4n) is 1.26. The molecule has 0 atom stereocenters. The summed E-state index contributed by atoms with van der Waals surface area (Å²) in [5.41, 5.74) is -4.79. The van der Waals surface area contributed by atoms with Crippen LogP contribution in [0.15, 0.2) is 29.2 Å². The van der Waals surface area contributed by atoms with Crippen molar-refractivity contribution in [2.75, 3.05) is 0 Å². The molecule has 106 valence electrons. The van der Waals surface area contributed by atoms with Crippen molar-refractivity contribution in [3.63, 3.8) is 0 Å². The fourth-order valence-corrected chi connectivity index (χ4v) is 1.80. The zero-order valence-electron chi connectivity index (χ0n) is 9.51. The maximum absolute atomic E-state index is 12.1. The molecule has 1 heterocycles. The molecule has 0 unspecified atom stereocenters. The molecule has 2 N–H and O–H groups in total. The number of nitrogens with one attached hydrogen (secondary N) is 1. The summed E-state index contributed by atoms with van der Waals surface area (Å²) in [6, 6.07) is 4.97. The van der Waals surface area contributed by atoms with Gasteiger partial charge >= 0.3 is 11.5 Å². The Morgan fingerprint density at radius 1 is 1.30 bits per heavy atom. The summed E-state index contributed by atoms with van der Waals surface area (Å²) >= 11 is -0.257. The van der Waals surface area contributed by atoms with E-state index >= 15 is 0 Å². The molecule has 2 aromatic rings. The molecule has 0 aliphatic carbocycles. The van der Waals surface area contributed by atoms with E-state index in [1.165, 1.54) is 24.3 Å². The first-order chi connectivity index (χ1) is 9.35. The van der Waals surface area contributed by atoms with Crippen LogP contribution in [-0.2, 0) is 0 Å². The van der Waals surface area contributed by atoms with Gasteiger partial charge in [-0.15, -0.1) is 5.10 Å². The second-order valence-corrected chi connectivity index (χ2v) is 4.55. The highest BCUT2D eigenvalue weighted by Crippen LogP contribution is 2.37. The van der Waals surface area contributed by atoms with Gasteiger partial charge in [0.05, 0.1) is 0 Å². The summed E-state index contributed by atoms with van der Waals surface area (Å²) in [7, 11) is 0. The molecule has 0 fully saturated rings. The summed E-state index contributed by atoms with van der Waals surface area (Å²) in [5.74, 6) is -1.38. The highest BCUT2D eigenvalue weighted by Gasteiger charge is 2.29. The van der Waals surface area contributed by atoms with E-state index in [1.807, 2.05) is 0 Å². The topological polar surface area (TPSA) is 88.1 Å². The Balaban J connectivity index is 2.11. The first kappa shape index (κ1) is 14.2. The number of rotatable bonds is 4. The Morgan fingerprint density at radius 2 is 1.95 bits per heavy atom. The number of halogens is 3. The van der Waals surface area contributed by atoms with Gasteiger partial charge < -0.3 is 9.84 Å². The molecule has 10 heteroatoms. The van der Waals surface area contributed by atoms with Gasteiger partial charge in [-0.05, 0) is 36.0 Å². The predicted octanol–water partition coefficient (Wildman–Crippen LogP) is 2.91. The maximum atomic E-state index is 12.1. The largest absolute Gasteiger partial charge is 0.476 e. The van der Waals surface area contributed by atoms with Gasteiger partial charge in [-0.25, -0.2) is 9.89 Å². The standard InChI is InChI=1S/C10H6F3N3O3S/c11-10(12,13)20-6-3-1-5(2-4-6)19-8-7(9(17)18)14-16-15-8/h1-4H,(H,17,18)(H,14,15,16). The second-order valence-electron chi connectivity index (χ2n) is 3.42. The second kappa shape index (κ2) is 5.41. The molecule has 0 amide bonds. The van der Waals surface area contributed by atoms with Crippen molar-refractivity contribution in [1.82, 2.24) is 15.4 Å². The number of benzene rings is 1. The van der Waals surface area contributed by atoms with Gasteiger partial charge in [0, 0.05) is 4.90 Å². The molecular weight excluding hydrogens is 299 g/mol. The number of ether oxygens (including phenoxy) is 1. The summed E-state index contributed by atoms with van der Waals surface area (Å²) in [4.78, 5) is 10.7. The van der Waals surface area contributed by atoms with E-state index in [0.29, 0.717) is 0 Å². The van der Waals surface area contributed by atoms with Crippen LogP contribution >= 0.6 is 11.8 Å². The van der Waals surface area contributed by atoms with Crippen molar-refractivity contribution in [3.05, 3.63) is 30.0 Å². The first-order valence-corrected chi connectivity index (χ1v) is 5.85. The number of carbonyl (C=O) groups is 1. The predicted molar refractivity (Wildman–Crippen MR) is 61.8 cm³/mol. The van der Waals surface area contributed by atoms with Crippen LogP contribution in [0, 0.1) is 0 Å². The van der Waals surface area contributed by atoms with Gasteiger partial charge in [-0.2, -0.15) is 13.2 Å². The Bertz CT molecular complexity index is 612. The number of hydrogen-bond acceptors (Lipinski definition) is 5. The summed E-state index contributed by atoms with van der Waals surface area (Å²) in [6.45, 7) is 0. The summed E-state index contributed by atoms with van der Waals surface area (Å²) in [5, 5.41) is 17.6. The zero-order valence-corrected chi connectivity index (χ0v) is 10.3. The molecule has 0 bridgehead atoms. The number of H-pyrrole nitrogens is 1. The molecule has 0 spiro atoms. The Kier molecular flexibility index (Phi) is 3.84. The minimum absolute atomic E-state index is 0.00829. The number of nitrogens with zero attached hydrogens (tertiary/aromatic N) is 2. The van der Waals surface area contributed by atoms with Crippen LogP contribution in [0.3, 0.4) is 0 Å². The molecule has 1 aromatic heterocycles. The molecule has 0 aliphatic heterocycles. The van der Waals surface area contributed by atoms with E-state index in [1.54, 1.807) is 0 Å². The maximum Gasteiger partial charge on any atom is 0.446 e. The molecule has 0 saturated carbocycles. The average molecular weight is 305 g/mol. The Morgan fingerprint density at radius 3 is 2.50 bits per heavy atom. The lowest BCUT2D eigenvalue weighted by atomic mass is 10.3. The van der Waals surface area contributed by atoms with E-state index in [0.717, 1.165) is 0 Å². The van der Waals surface area contributed by atoms with Gasteiger partial charge in [0.1, 0.15) is 5.75 Å². The van der Waals surface area contributed by atoms with E-state index < -0.39 is 17.2 Å². The number of carboxylic acids is 1. The quantitative estimate of drug-likeness (QED) is 0.844. The van der Waals surface area contributed by atoms with Crippen LogP contribution < -0.4 is 4.74 Å². The molecule has 20 heavy (non-hydrogen) atoms. The molecule has 6 nitrogen and oxygen atoms in total. The number of carboxylic acid groups (broad SMARTS) is 1. The highest BCUT2D eigenvalue weighted by molar-refractivity contribution is 8.00. The van der Waals surface area contributed by atoms with Gasteiger partial charge in [-0.3, -0.25) is 0 Å². The van der Waals surface area contributed by atoms with Gasteiger partial charge in [0.15, 0.2) is 0 Å². The molecule has 1 aromatic carbocycles. The first-order valence-electron chi connectivity index (χ1n) is 5.03. The normalized spacial score (nSPS) is 11.3. The third kappa shape index (κ3) is 3.63. The zero-order chi connectivity index (χ0) is 14.8. The van der Waals surface area contributed by atoms with Gasteiger partial charge in [0.25, 0.3) is 5.88 Å². The van der Waals surface area contributed by atoms with Crippen LogP contribution in [0.1, 0.15) is 10.5 Å². The van der Waals surface area contributed by atoms with Gasteiger partial charge in [-0.1, -0.05) is 5.21 Å². The molecular formula is C10H6F3N3O3S. The number of hydrogen-bond donors (Lipinski definition) is 2. The van der Waals surface area contributed by atoms with Crippen LogP contribution in [0.25, 0.3) is 0 Å². The Hall–Kier alpha value is -2.23. The van der Waals surface area contributed by atoms with E-state index in [-0.39, 0.29) is 28.3 Å². The van der Waals surface area contributed by atoms with Crippen molar-refractivity contribution in [3.8, 4) is 11.6 Å². The monoisotopic (exact) mass is 305 g/mol. The van der Waals surface area contributed by atoms with Crippen molar-refractivity contribution < 1.29 is 27.8 Å². The Labute approximate surface area is 113 Å².